The highest BCUT2D eigenvalue weighted by atomic mass is 16.5. The van der Waals surface area contributed by atoms with Gasteiger partial charge in [-0.1, -0.05) is 6.92 Å². The van der Waals surface area contributed by atoms with Gasteiger partial charge in [0, 0.05) is 19.6 Å². The van der Waals surface area contributed by atoms with Gasteiger partial charge in [-0.05, 0) is 33.7 Å². The van der Waals surface area contributed by atoms with Crippen molar-refractivity contribution in [3.05, 3.63) is 0 Å². The molecule has 1 aliphatic rings. The van der Waals surface area contributed by atoms with Crippen LogP contribution in [0.4, 0.5) is 0 Å². The second-order valence-corrected chi connectivity index (χ2v) is 5.60. The molecule has 1 aliphatic heterocycles. The van der Waals surface area contributed by atoms with Gasteiger partial charge in [0.1, 0.15) is 6.04 Å². The summed E-state index contributed by atoms with van der Waals surface area (Å²) in [5.74, 6) is -0.153. The number of hydrogen-bond acceptors (Lipinski definition) is 5. The van der Waals surface area contributed by atoms with E-state index < -0.39 is 0 Å². The average molecular weight is 272 g/mol. The van der Waals surface area contributed by atoms with E-state index in [2.05, 4.69) is 31.0 Å². The SMILES string of the molecule is CCCNC(CN1CCOC(C)(C)C1)C(=O)OCC. The van der Waals surface area contributed by atoms with Crippen molar-refractivity contribution in [1.29, 1.82) is 0 Å². The topological polar surface area (TPSA) is 50.8 Å². The van der Waals surface area contributed by atoms with Crippen LogP contribution in [0.25, 0.3) is 0 Å². The molecule has 0 radical (unpaired) electrons. The van der Waals surface area contributed by atoms with Crippen molar-refractivity contribution in [2.24, 2.45) is 0 Å². The number of hydrogen-bond donors (Lipinski definition) is 1. The molecule has 1 saturated heterocycles. The summed E-state index contributed by atoms with van der Waals surface area (Å²) in [6, 6.07) is -0.242. The van der Waals surface area contributed by atoms with Gasteiger partial charge in [0.25, 0.3) is 0 Å². The molecule has 0 aromatic heterocycles. The fourth-order valence-electron chi connectivity index (χ4n) is 2.31. The number of esters is 1. The molecule has 0 spiro atoms. The maximum absolute atomic E-state index is 11.9. The van der Waals surface area contributed by atoms with Crippen LogP contribution in [0.15, 0.2) is 0 Å². The van der Waals surface area contributed by atoms with E-state index in [1.54, 1.807) is 0 Å². The molecule has 1 unspecified atom stereocenters. The molecule has 1 fully saturated rings. The van der Waals surface area contributed by atoms with Gasteiger partial charge in [0.15, 0.2) is 0 Å². The third kappa shape index (κ3) is 5.89. The zero-order valence-electron chi connectivity index (χ0n) is 12.7. The molecule has 0 bridgehead atoms. The number of ether oxygens (including phenoxy) is 2. The quantitative estimate of drug-likeness (QED) is 0.702. The van der Waals surface area contributed by atoms with E-state index >= 15 is 0 Å². The zero-order valence-corrected chi connectivity index (χ0v) is 12.7. The van der Waals surface area contributed by atoms with E-state index in [1.807, 2.05) is 6.92 Å². The second kappa shape index (κ2) is 7.82. The summed E-state index contributed by atoms with van der Waals surface area (Å²) in [5, 5.41) is 3.27. The number of carbonyl (C=O) groups excluding carboxylic acids is 1. The fraction of sp³-hybridized carbons (Fsp3) is 0.929. The van der Waals surface area contributed by atoms with Gasteiger partial charge >= 0.3 is 5.97 Å². The number of rotatable bonds is 7. The first kappa shape index (κ1) is 16.4. The van der Waals surface area contributed by atoms with Gasteiger partial charge < -0.3 is 14.8 Å². The van der Waals surface area contributed by atoms with Crippen LogP contribution in [0.5, 0.6) is 0 Å². The Kier molecular flexibility index (Phi) is 6.75. The van der Waals surface area contributed by atoms with Crippen LogP contribution in [0.2, 0.25) is 0 Å². The number of nitrogens with zero attached hydrogens (tertiary/aromatic N) is 1. The highest BCUT2D eigenvalue weighted by molar-refractivity contribution is 5.76. The minimum atomic E-state index is -0.242. The smallest absolute Gasteiger partial charge is 0.324 e. The molecule has 1 atom stereocenters. The van der Waals surface area contributed by atoms with Gasteiger partial charge in [-0.3, -0.25) is 9.69 Å². The van der Waals surface area contributed by atoms with Crippen molar-refractivity contribution in [2.75, 3.05) is 39.4 Å². The Balaban J connectivity index is 2.53. The Morgan fingerprint density at radius 2 is 2.21 bits per heavy atom. The molecule has 1 N–H and O–H groups in total. The van der Waals surface area contributed by atoms with Crippen LogP contribution in [-0.2, 0) is 14.3 Å². The summed E-state index contributed by atoms with van der Waals surface area (Å²) in [6.07, 6.45) is 1.00. The number of carbonyl (C=O) groups is 1. The summed E-state index contributed by atoms with van der Waals surface area (Å²) in [6.45, 7) is 12.5. The Morgan fingerprint density at radius 1 is 1.47 bits per heavy atom. The van der Waals surface area contributed by atoms with Crippen LogP contribution >= 0.6 is 0 Å². The van der Waals surface area contributed by atoms with Crippen LogP contribution in [0.1, 0.15) is 34.1 Å². The predicted molar refractivity (Wildman–Crippen MR) is 75.2 cm³/mol. The average Bonchev–Trinajstić information content (AvgIpc) is 2.33. The first-order valence-corrected chi connectivity index (χ1v) is 7.25. The lowest BCUT2D eigenvalue weighted by Crippen LogP contribution is -2.54. The normalized spacial score (nSPS) is 21.1. The van der Waals surface area contributed by atoms with Gasteiger partial charge in [0.05, 0.1) is 18.8 Å². The first-order valence-electron chi connectivity index (χ1n) is 7.25. The van der Waals surface area contributed by atoms with Crippen molar-refractivity contribution in [2.45, 2.75) is 45.8 Å². The molecule has 5 heteroatoms. The van der Waals surface area contributed by atoms with Gasteiger partial charge in [-0.2, -0.15) is 0 Å². The summed E-state index contributed by atoms with van der Waals surface area (Å²) < 4.78 is 10.8. The van der Waals surface area contributed by atoms with Crippen molar-refractivity contribution in [3.63, 3.8) is 0 Å². The van der Waals surface area contributed by atoms with Gasteiger partial charge in [-0.25, -0.2) is 0 Å². The third-order valence-electron chi connectivity index (χ3n) is 3.16. The molecule has 0 aromatic carbocycles. The third-order valence-corrected chi connectivity index (χ3v) is 3.16. The minimum absolute atomic E-state index is 0.137. The fourth-order valence-corrected chi connectivity index (χ4v) is 2.31. The summed E-state index contributed by atoms with van der Waals surface area (Å²) in [4.78, 5) is 14.2. The van der Waals surface area contributed by atoms with Gasteiger partial charge in [-0.15, -0.1) is 0 Å². The molecular weight excluding hydrogens is 244 g/mol. The molecule has 112 valence electrons. The van der Waals surface area contributed by atoms with E-state index in [0.29, 0.717) is 13.2 Å². The molecule has 5 nitrogen and oxygen atoms in total. The summed E-state index contributed by atoms with van der Waals surface area (Å²) >= 11 is 0. The maximum atomic E-state index is 11.9. The highest BCUT2D eigenvalue weighted by Crippen LogP contribution is 2.16. The molecule has 0 saturated carbocycles. The van der Waals surface area contributed by atoms with E-state index in [9.17, 15) is 4.79 Å². The highest BCUT2D eigenvalue weighted by Gasteiger charge is 2.30. The van der Waals surface area contributed by atoms with E-state index in [0.717, 1.165) is 32.7 Å². The molecule has 0 aliphatic carbocycles. The van der Waals surface area contributed by atoms with Crippen molar-refractivity contribution < 1.29 is 14.3 Å². The summed E-state index contributed by atoms with van der Waals surface area (Å²) in [5.41, 5.74) is -0.137. The van der Waals surface area contributed by atoms with Crippen LogP contribution in [0.3, 0.4) is 0 Å². The van der Waals surface area contributed by atoms with Gasteiger partial charge in [0.2, 0.25) is 0 Å². The Hall–Kier alpha value is -0.650. The maximum Gasteiger partial charge on any atom is 0.324 e. The van der Waals surface area contributed by atoms with E-state index in [-0.39, 0.29) is 17.6 Å². The molecule has 0 aromatic rings. The minimum Gasteiger partial charge on any atom is -0.465 e. The first-order chi connectivity index (χ1) is 8.98. The van der Waals surface area contributed by atoms with Crippen molar-refractivity contribution in [3.8, 4) is 0 Å². The lowest BCUT2D eigenvalue weighted by atomic mass is 10.1. The van der Waals surface area contributed by atoms with E-state index in [1.165, 1.54) is 0 Å². The Labute approximate surface area is 116 Å². The van der Waals surface area contributed by atoms with Crippen molar-refractivity contribution in [1.82, 2.24) is 10.2 Å². The standard InChI is InChI=1S/C14H28N2O3/c1-5-7-15-12(13(17)18-6-2)10-16-8-9-19-14(3,4)11-16/h12,15H,5-11H2,1-4H3. The molecule has 1 rings (SSSR count). The van der Waals surface area contributed by atoms with Crippen LogP contribution in [0, 0.1) is 0 Å². The summed E-state index contributed by atoms with van der Waals surface area (Å²) in [7, 11) is 0. The van der Waals surface area contributed by atoms with E-state index in [4.69, 9.17) is 9.47 Å². The van der Waals surface area contributed by atoms with Crippen molar-refractivity contribution >= 4 is 5.97 Å². The lowest BCUT2D eigenvalue weighted by molar-refractivity contribution is -0.147. The van der Waals surface area contributed by atoms with Crippen LogP contribution < -0.4 is 5.32 Å². The largest absolute Gasteiger partial charge is 0.465 e. The zero-order chi connectivity index (χ0) is 14.3. The van der Waals surface area contributed by atoms with Crippen LogP contribution in [-0.4, -0.2) is 61.9 Å². The molecule has 1 heterocycles. The molecular formula is C14H28N2O3. The molecule has 19 heavy (non-hydrogen) atoms. The Bertz CT molecular complexity index is 282. The Morgan fingerprint density at radius 3 is 2.79 bits per heavy atom. The predicted octanol–water partition coefficient (Wildman–Crippen LogP) is 1.03. The second-order valence-electron chi connectivity index (χ2n) is 5.60. The number of nitrogens with one attached hydrogen (secondary N) is 1. The lowest BCUT2D eigenvalue weighted by Gasteiger charge is -2.39. The number of morpholine rings is 1. The monoisotopic (exact) mass is 272 g/mol. The molecule has 0 amide bonds.